The molecule has 24 heavy (non-hydrogen) atoms. The zero-order valence-electron chi connectivity index (χ0n) is 14.1. The molecular formula is C20H22F2N2. The SMILES string of the molecule is CCCCc1cc(F)c(/C=N/N=C/c2ccc(CC)cc2)c(F)c1. The first-order valence-corrected chi connectivity index (χ1v) is 8.27. The highest BCUT2D eigenvalue weighted by atomic mass is 19.1. The fraction of sp³-hybridized carbons (Fsp3) is 0.300. The van der Waals surface area contributed by atoms with Crippen LogP contribution >= 0.6 is 0 Å². The van der Waals surface area contributed by atoms with Crippen LogP contribution in [0.1, 0.15) is 48.9 Å². The van der Waals surface area contributed by atoms with E-state index in [2.05, 4.69) is 17.1 Å². The molecule has 0 aliphatic carbocycles. The molecule has 2 nitrogen and oxygen atoms in total. The summed E-state index contributed by atoms with van der Waals surface area (Å²) < 4.78 is 28.0. The highest BCUT2D eigenvalue weighted by Crippen LogP contribution is 2.15. The summed E-state index contributed by atoms with van der Waals surface area (Å²) in [7, 11) is 0. The van der Waals surface area contributed by atoms with E-state index in [4.69, 9.17) is 0 Å². The molecule has 4 heteroatoms. The second kappa shape index (κ2) is 9.06. The van der Waals surface area contributed by atoms with Gasteiger partial charge in [-0.2, -0.15) is 10.2 Å². The highest BCUT2D eigenvalue weighted by Gasteiger charge is 2.09. The third-order valence-electron chi connectivity index (χ3n) is 3.81. The standard InChI is InChI=1S/C20H22F2N2/c1-3-5-6-17-11-19(21)18(20(22)12-17)14-24-23-13-16-9-7-15(4-2)8-10-16/h7-14H,3-6H2,1-2H3/b23-13+,24-14+. The monoisotopic (exact) mass is 328 g/mol. The van der Waals surface area contributed by atoms with Crippen LogP contribution in [0.15, 0.2) is 46.6 Å². The first-order chi connectivity index (χ1) is 11.6. The Morgan fingerprint density at radius 3 is 2.08 bits per heavy atom. The van der Waals surface area contributed by atoms with E-state index in [1.807, 2.05) is 31.2 Å². The van der Waals surface area contributed by atoms with Gasteiger partial charge in [0.05, 0.1) is 18.0 Å². The summed E-state index contributed by atoms with van der Waals surface area (Å²) in [6.45, 7) is 4.13. The predicted octanol–water partition coefficient (Wildman–Crippen LogP) is 5.32. The quantitative estimate of drug-likeness (QED) is 0.485. The highest BCUT2D eigenvalue weighted by molar-refractivity contribution is 5.83. The molecule has 2 aromatic carbocycles. The molecule has 0 saturated heterocycles. The Labute approximate surface area is 141 Å². The van der Waals surface area contributed by atoms with Crippen molar-refractivity contribution in [2.45, 2.75) is 39.5 Å². The van der Waals surface area contributed by atoms with E-state index >= 15 is 0 Å². The van der Waals surface area contributed by atoms with Crippen molar-refractivity contribution in [3.8, 4) is 0 Å². The molecule has 0 aliphatic heterocycles. The largest absolute Gasteiger partial charge is 0.206 e. The minimum Gasteiger partial charge on any atom is -0.206 e. The Hall–Kier alpha value is -2.36. The topological polar surface area (TPSA) is 24.7 Å². The van der Waals surface area contributed by atoms with Crippen LogP contribution in [0.5, 0.6) is 0 Å². The Balaban J connectivity index is 2.06. The third kappa shape index (κ3) is 5.08. The first-order valence-electron chi connectivity index (χ1n) is 8.27. The summed E-state index contributed by atoms with van der Waals surface area (Å²) in [6, 6.07) is 10.6. The first kappa shape index (κ1) is 18.0. The third-order valence-corrected chi connectivity index (χ3v) is 3.81. The lowest BCUT2D eigenvalue weighted by Crippen LogP contribution is -1.97. The van der Waals surface area contributed by atoms with Gasteiger partial charge in [0.15, 0.2) is 0 Å². The second-order valence-electron chi connectivity index (χ2n) is 5.66. The van der Waals surface area contributed by atoms with Crippen molar-refractivity contribution in [3.05, 3.63) is 70.3 Å². The maximum atomic E-state index is 14.0. The molecule has 0 radical (unpaired) electrons. The smallest absolute Gasteiger partial charge is 0.135 e. The summed E-state index contributed by atoms with van der Waals surface area (Å²) in [5, 5.41) is 7.62. The van der Waals surface area contributed by atoms with E-state index in [0.717, 1.165) is 31.0 Å². The second-order valence-corrected chi connectivity index (χ2v) is 5.66. The van der Waals surface area contributed by atoms with Crippen molar-refractivity contribution in [1.29, 1.82) is 0 Å². The molecule has 0 unspecified atom stereocenters. The van der Waals surface area contributed by atoms with Crippen LogP contribution in [0.4, 0.5) is 8.78 Å². The van der Waals surface area contributed by atoms with E-state index in [1.54, 1.807) is 6.21 Å². The van der Waals surface area contributed by atoms with Crippen molar-refractivity contribution in [2.75, 3.05) is 0 Å². The van der Waals surface area contributed by atoms with Crippen LogP contribution in [0.25, 0.3) is 0 Å². The molecule has 0 fully saturated rings. The fourth-order valence-corrected chi connectivity index (χ4v) is 2.32. The van der Waals surface area contributed by atoms with Crippen molar-refractivity contribution < 1.29 is 8.78 Å². The molecule has 2 rings (SSSR count). The van der Waals surface area contributed by atoms with E-state index in [1.165, 1.54) is 17.7 Å². The van der Waals surface area contributed by atoms with Gasteiger partial charge in [-0.1, -0.05) is 44.5 Å². The number of halogens is 2. The van der Waals surface area contributed by atoms with Crippen LogP contribution in [-0.4, -0.2) is 12.4 Å². The van der Waals surface area contributed by atoms with Gasteiger partial charge in [0.2, 0.25) is 0 Å². The Kier molecular flexibility index (Phi) is 6.79. The zero-order chi connectivity index (χ0) is 17.4. The number of aryl methyl sites for hydroxylation is 2. The molecule has 0 N–H and O–H groups in total. The molecule has 0 aliphatic rings. The van der Waals surface area contributed by atoms with Gasteiger partial charge in [0.25, 0.3) is 0 Å². The van der Waals surface area contributed by atoms with Crippen LogP contribution in [0.3, 0.4) is 0 Å². The molecular weight excluding hydrogens is 306 g/mol. The van der Waals surface area contributed by atoms with Gasteiger partial charge in [-0.25, -0.2) is 8.78 Å². The van der Waals surface area contributed by atoms with E-state index in [9.17, 15) is 8.78 Å². The lowest BCUT2D eigenvalue weighted by Gasteiger charge is -2.04. The van der Waals surface area contributed by atoms with Gasteiger partial charge in [-0.05, 0) is 48.1 Å². The number of hydrogen-bond donors (Lipinski definition) is 0. The van der Waals surface area contributed by atoms with Crippen LogP contribution < -0.4 is 0 Å². The Morgan fingerprint density at radius 2 is 1.50 bits per heavy atom. The van der Waals surface area contributed by atoms with Gasteiger partial charge in [0, 0.05) is 0 Å². The maximum absolute atomic E-state index is 14.0. The molecule has 2 aromatic rings. The molecule has 0 aromatic heterocycles. The molecule has 126 valence electrons. The number of rotatable bonds is 7. The van der Waals surface area contributed by atoms with Gasteiger partial charge in [-0.3, -0.25) is 0 Å². The minimum atomic E-state index is -0.604. The van der Waals surface area contributed by atoms with E-state index in [0.29, 0.717) is 12.0 Å². The van der Waals surface area contributed by atoms with Crippen molar-refractivity contribution in [2.24, 2.45) is 10.2 Å². The normalized spacial score (nSPS) is 11.7. The summed E-state index contributed by atoms with van der Waals surface area (Å²) in [5.74, 6) is -1.21. The van der Waals surface area contributed by atoms with Crippen molar-refractivity contribution >= 4 is 12.4 Å². The number of benzene rings is 2. The number of nitrogens with zero attached hydrogens (tertiary/aromatic N) is 2. The molecule has 0 heterocycles. The Morgan fingerprint density at radius 1 is 0.875 bits per heavy atom. The van der Waals surface area contributed by atoms with Crippen LogP contribution in [0, 0.1) is 11.6 Å². The molecule has 0 saturated carbocycles. The van der Waals surface area contributed by atoms with E-state index < -0.39 is 11.6 Å². The molecule has 0 atom stereocenters. The van der Waals surface area contributed by atoms with Gasteiger partial charge >= 0.3 is 0 Å². The van der Waals surface area contributed by atoms with Crippen molar-refractivity contribution in [3.63, 3.8) is 0 Å². The van der Waals surface area contributed by atoms with Crippen LogP contribution in [0.2, 0.25) is 0 Å². The fourth-order valence-electron chi connectivity index (χ4n) is 2.32. The maximum Gasteiger partial charge on any atom is 0.135 e. The molecule has 0 spiro atoms. The van der Waals surface area contributed by atoms with Crippen molar-refractivity contribution in [1.82, 2.24) is 0 Å². The van der Waals surface area contributed by atoms with Gasteiger partial charge in [-0.15, -0.1) is 0 Å². The summed E-state index contributed by atoms with van der Waals surface area (Å²) in [4.78, 5) is 0. The number of unbranched alkanes of at least 4 members (excludes halogenated alkanes) is 1. The summed E-state index contributed by atoms with van der Waals surface area (Å²) >= 11 is 0. The zero-order valence-corrected chi connectivity index (χ0v) is 14.1. The van der Waals surface area contributed by atoms with Crippen LogP contribution in [-0.2, 0) is 12.8 Å². The Bertz CT molecular complexity index is 696. The lowest BCUT2D eigenvalue weighted by atomic mass is 10.1. The van der Waals surface area contributed by atoms with E-state index in [-0.39, 0.29) is 5.56 Å². The lowest BCUT2D eigenvalue weighted by molar-refractivity contribution is 0.575. The molecule has 0 bridgehead atoms. The predicted molar refractivity (Wildman–Crippen MR) is 96.0 cm³/mol. The van der Waals surface area contributed by atoms with Gasteiger partial charge in [0.1, 0.15) is 11.6 Å². The average Bonchev–Trinajstić information content (AvgIpc) is 2.59. The summed E-state index contributed by atoms with van der Waals surface area (Å²) in [5.41, 5.74) is 2.64. The number of hydrogen-bond acceptors (Lipinski definition) is 2. The summed E-state index contributed by atoms with van der Waals surface area (Å²) in [6.07, 6.45) is 6.22. The van der Waals surface area contributed by atoms with Gasteiger partial charge < -0.3 is 0 Å². The molecule has 0 amide bonds. The minimum absolute atomic E-state index is 0.159. The average molecular weight is 328 g/mol.